The molecule has 0 aromatic carbocycles. The van der Waals surface area contributed by atoms with Crippen molar-refractivity contribution < 1.29 is 47.3 Å². The van der Waals surface area contributed by atoms with E-state index in [0.29, 0.717) is 18.0 Å². The molecule has 0 spiro atoms. The van der Waals surface area contributed by atoms with Crippen molar-refractivity contribution in [3.63, 3.8) is 0 Å². The van der Waals surface area contributed by atoms with Crippen molar-refractivity contribution in [2.75, 3.05) is 20.3 Å². The number of aliphatic hydroxyl groups is 1. The number of aliphatic hydroxyl groups excluding tert-OH is 1. The molecule has 0 amide bonds. The smallest absolute Gasteiger partial charge is 0.330 e. The van der Waals surface area contributed by atoms with Crippen LogP contribution in [0.2, 0.25) is 0 Å². The Kier molecular flexibility index (Phi) is 23.4. The van der Waals surface area contributed by atoms with E-state index in [1.165, 1.54) is 23.9 Å². The van der Waals surface area contributed by atoms with Crippen LogP contribution in [0.5, 0.6) is 0 Å². The van der Waals surface area contributed by atoms with Crippen LogP contribution < -0.4 is 16.6 Å². The summed E-state index contributed by atoms with van der Waals surface area (Å²) in [5.41, 5.74) is -1.05. The first-order valence-electron chi connectivity index (χ1n) is 14.8. The molecule has 1 aliphatic rings. The van der Waals surface area contributed by atoms with Crippen LogP contribution in [0.15, 0.2) is 21.9 Å². The molecule has 0 bridgehead atoms. The second-order valence-corrected chi connectivity index (χ2v) is 10.0. The van der Waals surface area contributed by atoms with Gasteiger partial charge in [0.15, 0.2) is 4.99 Å². The summed E-state index contributed by atoms with van der Waals surface area (Å²) in [7, 11) is 1.53. The van der Waals surface area contributed by atoms with Gasteiger partial charge in [-0.2, -0.15) is 0 Å². The molecule has 10 heteroatoms. The molecule has 4 atom stereocenters. The first-order valence-corrected chi connectivity index (χ1v) is 15.2. The number of ether oxygens (including phenoxy) is 2. The average molecular weight is 743 g/mol. The molecule has 1 fully saturated rings. The molecule has 2 heterocycles. The monoisotopic (exact) mass is 742 g/mol. The number of methoxy groups -OCH3 is 1. The maximum Gasteiger partial charge on any atom is 0.330 e. The fourth-order valence-electron chi connectivity index (χ4n) is 4.25. The molecule has 241 valence electrons. The van der Waals surface area contributed by atoms with E-state index in [-0.39, 0.29) is 45.2 Å². The van der Waals surface area contributed by atoms with Crippen molar-refractivity contribution in [3.8, 4) is 118 Å². The third-order valence-electron chi connectivity index (χ3n) is 6.32. The maximum atomic E-state index is 12.3. The normalized spacial score (nSPS) is 15.6. The molecule has 1 aromatic heterocycles. The zero-order valence-electron chi connectivity index (χ0n) is 27.1. The Morgan fingerprint density at radius 2 is 1.37 bits per heavy atom. The van der Waals surface area contributed by atoms with Crippen molar-refractivity contribution in [1.29, 1.82) is 0 Å². The van der Waals surface area contributed by atoms with E-state index in [1.54, 1.807) is 6.92 Å². The summed E-state index contributed by atoms with van der Waals surface area (Å²) in [6.07, 6.45) is 4.76. The van der Waals surface area contributed by atoms with Gasteiger partial charge in [0.05, 0.1) is 12.7 Å². The molecule has 1 aliphatic heterocycles. The molecular weight excluding hydrogens is 711 g/mol. The van der Waals surface area contributed by atoms with Gasteiger partial charge in [-0.3, -0.25) is 14.3 Å². The van der Waals surface area contributed by atoms with Gasteiger partial charge in [0.25, 0.3) is 5.56 Å². The van der Waals surface area contributed by atoms with E-state index in [1.807, 2.05) is 0 Å². The van der Waals surface area contributed by atoms with E-state index >= 15 is 0 Å². The molecule has 1 unspecified atom stereocenters. The standard InChI is InChI=1S/C39H31N3O5S.Y/c1-3-4-5-6-7-8-9-10-11-12-13-14-15-16-17-18-19-22-25-28-36(48)40-30-26-23-20-21-24-27-33-37(44)34(32-46-2)47-38(33)42-31-29-35(43)41-39(42)45;/h29,31,33-34,37-38,44H,20-21,23-24,26-27,30,32H2,1-2H3,(H,40,48)(H,41,43,45);/t33?,34-,37-,38-;/m1./s1. The van der Waals surface area contributed by atoms with Crippen LogP contribution in [0.4, 0.5) is 0 Å². The van der Waals surface area contributed by atoms with Gasteiger partial charge in [0, 0.05) is 76.4 Å². The number of aromatic amines is 1. The summed E-state index contributed by atoms with van der Waals surface area (Å²) in [5.74, 6) is 50.9. The van der Waals surface area contributed by atoms with Crippen LogP contribution in [0, 0.1) is 124 Å². The van der Waals surface area contributed by atoms with E-state index in [9.17, 15) is 14.7 Å². The minimum absolute atomic E-state index is 0. The quantitative estimate of drug-likeness (QED) is 0.179. The maximum absolute atomic E-state index is 12.3. The summed E-state index contributed by atoms with van der Waals surface area (Å²) in [5, 5.41) is 13.9. The number of nitrogens with zero attached hydrogens (tertiary/aromatic N) is 1. The number of hydrogen-bond acceptors (Lipinski definition) is 6. The molecule has 8 nitrogen and oxygen atoms in total. The van der Waals surface area contributed by atoms with Crippen LogP contribution in [0.25, 0.3) is 0 Å². The third-order valence-corrected chi connectivity index (χ3v) is 6.57. The Morgan fingerprint density at radius 1 is 0.857 bits per heavy atom. The minimum atomic E-state index is -0.784. The minimum Gasteiger partial charge on any atom is -0.390 e. The van der Waals surface area contributed by atoms with Gasteiger partial charge >= 0.3 is 5.69 Å². The summed E-state index contributed by atoms with van der Waals surface area (Å²) in [4.78, 5) is 26.5. The van der Waals surface area contributed by atoms with Gasteiger partial charge in [-0.05, 0) is 120 Å². The third kappa shape index (κ3) is 18.3. The molecule has 49 heavy (non-hydrogen) atoms. The summed E-state index contributed by atoms with van der Waals surface area (Å²) >= 11 is 5.21. The number of aromatic nitrogens is 2. The number of nitrogens with one attached hydrogen (secondary N) is 2. The van der Waals surface area contributed by atoms with E-state index < -0.39 is 29.7 Å². The fourth-order valence-corrected chi connectivity index (χ4v) is 4.41. The predicted molar refractivity (Wildman–Crippen MR) is 188 cm³/mol. The van der Waals surface area contributed by atoms with Gasteiger partial charge in [0.2, 0.25) is 0 Å². The van der Waals surface area contributed by atoms with Crippen molar-refractivity contribution in [3.05, 3.63) is 33.1 Å². The Bertz CT molecular complexity index is 2070. The van der Waals surface area contributed by atoms with Gasteiger partial charge in [-0.25, -0.2) is 4.79 Å². The number of thiocarbonyl (C=S) groups is 1. The molecule has 2 rings (SSSR count). The Morgan fingerprint density at radius 3 is 1.90 bits per heavy atom. The van der Waals surface area contributed by atoms with Crippen molar-refractivity contribution in [2.24, 2.45) is 5.92 Å². The Labute approximate surface area is 318 Å². The number of unbranched alkanes of at least 4 members (excludes halogenated alkanes) is 4. The van der Waals surface area contributed by atoms with Gasteiger partial charge < -0.3 is 19.9 Å². The van der Waals surface area contributed by atoms with E-state index in [2.05, 4.69) is 129 Å². The summed E-state index contributed by atoms with van der Waals surface area (Å²) < 4.78 is 12.4. The largest absolute Gasteiger partial charge is 0.390 e. The van der Waals surface area contributed by atoms with Crippen molar-refractivity contribution >= 4 is 17.2 Å². The van der Waals surface area contributed by atoms with Crippen LogP contribution in [0.1, 0.15) is 51.7 Å². The molecule has 1 radical (unpaired) electrons. The van der Waals surface area contributed by atoms with Gasteiger partial charge in [0.1, 0.15) is 12.3 Å². The molecule has 3 N–H and O–H groups in total. The number of H-pyrrole nitrogens is 1. The number of rotatable bonds is 11. The van der Waals surface area contributed by atoms with Crippen molar-refractivity contribution in [2.45, 2.75) is 63.9 Å². The fraction of sp³-hybridized carbons (Fsp3) is 0.359. The van der Waals surface area contributed by atoms with Crippen LogP contribution in [0.3, 0.4) is 0 Å². The second-order valence-electron chi connectivity index (χ2n) is 9.63. The van der Waals surface area contributed by atoms with E-state index in [0.717, 1.165) is 32.1 Å². The topological polar surface area (TPSA) is 106 Å². The predicted octanol–water partition coefficient (Wildman–Crippen LogP) is 1.37. The molecule has 0 aliphatic carbocycles. The SMILES string of the molecule is CC#CC#CC#CC#CC#CC#CC#CC#CC#CC#CC(=S)NCCCCCCCC1[C@@H](O)[C@@H](COC)O[C@H]1n1ccc(=O)[nH]c1=O.[Y]. The zero-order chi connectivity index (χ0) is 34.7. The summed E-state index contributed by atoms with van der Waals surface area (Å²) in [6, 6.07) is 1.27. The number of hydrogen-bond donors (Lipinski definition) is 3. The molecule has 1 aromatic rings. The van der Waals surface area contributed by atoms with Gasteiger partial charge in [-0.15, -0.1) is 0 Å². The average Bonchev–Trinajstić information content (AvgIpc) is 3.37. The molecular formula is C39H31N3O5SY. The molecule has 1 saturated heterocycles. The second kappa shape index (κ2) is 27.1. The van der Waals surface area contributed by atoms with Crippen LogP contribution in [-0.2, 0) is 42.2 Å². The molecule has 0 saturated carbocycles. The van der Waals surface area contributed by atoms with E-state index in [4.69, 9.17) is 21.7 Å². The Balaban J connectivity index is 0.0000120. The first kappa shape index (κ1) is 42.2. The summed E-state index contributed by atoms with van der Waals surface area (Å²) in [6.45, 7) is 2.59. The van der Waals surface area contributed by atoms with Crippen LogP contribution >= 0.6 is 12.2 Å². The van der Waals surface area contributed by atoms with Crippen LogP contribution in [-0.4, -0.2) is 52.1 Å². The zero-order valence-corrected chi connectivity index (χ0v) is 30.8. The van der Waals surface area contributed by atoms with Crippen molar-refractivity contribution in [1.82, 2.24) is 14.9 Å². The Hall–Kier alpha value is -4.85. The van der Waals surface area contributed by atoms with Gasteiger partial charge in [-0.1, -0.05) is 43.8 Å². The first-order chi connectivity index (χ1) is 23.5.